The molecule has 0 bridgehead atoms. The molecule has 0 saturated carbocycles. The number of guanidine groups is 1. The molecule has 6 rings (SSSR count). The molecule has 1 saturated heterocycles. The largest absolute Gasteiger partial charge is 0.450 e. The first-order valence-corrected chi connectivity index (χ1v) is 11.5. The molecular weight excluding hydrogens is 459 g/mol. The number of ether oxygens (including phenoxy) is 2. The summed E-state index contributed by atoms with van der Waals surface area (Å²) in [6.45, 7) is 0.899. The molecule has 1 aromatic heterocycles. The van der Waals surface area contributed by atoms with Crippen LogP contribution in [0.3, 0.4) is 0 Å². The van der Waals surface area contributed by atoms with Crippen molar-refractivity contribution in [1.29, 1.82) is 0 Å². The van der Waals surface area contributed by atoms with Crippen molar-refractivity contribution in [1.82, 2.24) is 4.98 Å². The summed E-state index contributed by atoms with van der Waals surface area (Å²) in [6.07, 6.45) is 1.34. The van der Waals surface area contributed by atoms with Crippen molar-refractivity contribution in [2.45, 2.75) is 17.7 Å². The van der Waals surface area contributed by atoms with Gasteiger partial charge in [-0.2, -0.15) is 8.42 Å². The Bertz CT molecular complexity index is 1430. The normalized spacial score (nSPS) is 24.1. The number of nitrogens with zero attached hydrogens (tertiary/aromatic N) is 3. The van der Waals surface area contributed by atoms with Crippen molar-refractivity contribution in [2.24, 2.45) is 4.40 Å². The SMILES string of the molecule is O=S1(=O)N=C([N+]23Cc4ncccc4OC2C3)Nc2c1ccc(F)c2Oc1ccccc1Cl. The molecule has 11 heteroatoms. The molecule has 2 aromatic carbocycles. The summed E-state index contributed by atoms with van der Waals surface area (Å²) in [5.74, 6) is -0.0251. The summed E-state index contributed by atoms with van der Waals surface area (Å²) in [6, 6.07) is 12.3. The van der Waals surface area contributed by atoms with Gasteiger partial charge in [0.15, 0.2) is 23.9 Å². The molecule has 2 atom stereocenters. The van der Waals surface area contributed by atoms with Gasteiger partial charge in [0.05, 0.1) is 5.02 Å². The molecule has 162 valence electrons. The van der Waals surface area contributed by atoms with E-state index < -0.39 is 15.8 Å². The summed E-state index contributed by atoms with van der Waals surface area (Å²) in [5.41, 5.74) is 0.667. The van der Waals surface area contributed by atoms with Crippen LogP contribution < -0.4 is 14.8 Å². The number of pyridine rings is 1. The topological polar surface area (TPSA) is 89.9 Å². The molecule has 32 heavy (non-hydrogen) atoms. The van der Waals surface area contributed by atoms with E-state index in [1.807, 2.05) is 6.07 Å². The fourth-order valence-corrected chi connectivity index (χ4v) is 5.35. The van der Waals surface area contributed by atoms with E-state index in [4.69, 9.17) is 21.1 Å². The maximum absolute atomic E-state index is 14.8. The number of nitrogens with one attached hydrogen (secondary N) is 1. The van der Waals surface area contributed by atoms with E-state index in [2.05, 4.69) is 14.7 Å². The number of sulfonamides is 1. The van der Waals surface area contributed by atoms with Crippen LogP contribution in [0, 0.1) is 5.82 Å². The second kappa shape index (κ2) is 6.64. The molecule has 3 aliphatic rings. The van der Waals surface area contributed by atoms with Crippen LogP contribution in [-0.2, 0) is 16.6 Å². The number of halogens is 2. The Kier molecular flexibility index (Phi) is 4.04. The molecule has 1 fully saturated rings. The van der Waals surface area contributed by atoms with Gasteiger partial charge in [-0.15, -0.1) is 0 Å². The van der Waals surface area contributed by atoms with Crippen LogP contribution >= 0.6 is 11.6 Å². The molecule has 1 N–H and O–H groups in total. The number of rotatable bonds is 2. The van der Waals surface area contributed by atoms with E-state index in [0.717, 1.165) is 12.1 Å². The summed E-state index contributed by atoms with van der Waals surface area (Å²) >= 11 is 6.16. The Morgan fingerprint density at radius 1 is 1.19 bits per heavy atom. The van der Waals surface area contributed by atoms with Gasteiger partial charge < -0.3 is 9.47 Å². The summed E-state index contributed by atoms with van der Waals surface area (Å²) < 4.78 is 56.7. The Morgan fingerprint density at radius 2 is 2.03 bits per heavy atom. The Morgan fingerprint density at radius 3 is 2.88 bits per heavy atom. The number of fused-ring (bicyclic) bond motifs is 3. The van der Waals surface area contributed by atoms with Gasteiger partial charge in [0.2, 0.25) is 0 Å². The zero-order valence-electron chi connectivity index (χ0n) is 16.3. The van der Waals surface area contributed by atoms with E-state index in [0.29, 0.717) is 24.5 Å². The highest BCUT2D eigenvalue weighted by molar-refractivity contribution is 7.90. The van der Waals surface area contributed by atoms with Crippen molar-refractivity contribution in [3.8, 4) is 17.2 Å². The van der Waals surface area contributed by atoms with Gasteiger partial charge in [0.1, 0.15) is 28.6 Å². The number of quaternary nitrogens is 1. The van der Waals surface area contributed by atoms with Gasteiger partial charge in [0, 0.05) is 6.20 Å². The highest BCUT2D eigenvalue weighted by Crippen LogP contribution is 2.47. The number of benzene rings is 2. The summed E-state index contributed by atoms with van der Waals surface area (Å²) in [5, 5.41) is 3.27. The third-order valence-corrected chi connectivity index (χ3v) is 7.33. The molecule has 4 heterocycles. The summed E-state index contributed by atoms with van der Waals surface area (Å²) in [4.78, 5) is 4.16. The molecule has 2 unspecified atom stereocenters. The number of anilines is 1. The minimum absolute atomic E-state index is 0.0279. The van der Waals surface area contributed by atoms with Gasteiger partial charge >= 0.3 is 5.96 Å². The molecule has 0 aliphatic carbocycles. The lowest BCUT2D eigenvalue weighted by Gasteiger charge is -2.28. The molecule has 0 radical (unpaired) electrons. The third kappa shape index (κ3) is 2.87. The average Bonchev–Trinajstić information content (AvgIpc) is 3.49. The summed E-state index contributed by atoms with van der Waals surface area (Å²) in [7, 11) is -4.12. The number of aromatic nitrogens is 1. The number of para-hydroxylation sites is 1. The highest BCUT2D eigenvalue weighted by Gasteiger charge is 2.66. The van der Waals surface area contributed by atoms with Crippen molar-refractivity contribution in [3.05, 3.63) is 71.3 Å². The van der Waals surface area contributed by atoms with E-state index in [1.165, 1.54) is 0 Å². The second-order valence-corrected chi connectivity index (χ2v) is 9.67. The standard InChI is InChI=1S/C21H15ClFN4O4S/c22-12-4-1-2-5-15(12)31-20-13(23)7-8-17-19(20)25-21(26-32(17,28)29)27-10-14-16(6-3-9-24-14)30-18(27)11-27/h1-9,18H,10-11H2,(H,25,26)/q+1. The van der Waals surface area contributed by atoms with Crippen LogP contribution in [0.2, 0.25) is 5.02 Å². The van der Waals surface area contributed by atoms with Gasteiger partial charge in [-0.3, -0.25) is 10.3 Å². The van der Waals surface area contributed by atoms with Gasteiger partial charge in [-0.1, -0.05) is 28.1 Å². The Labute approximate surface area is 187 Å². The molecule has 3 aliphatic heterocycles. The third-order valence-electron chi connectivity index (χ3n) is 5.71. The number of hydrogen-bond donors (Lipinski definition) is 1. The maximum Gasteiger partial charge on any atom is 0.322 e. The minimum atomic E-state index is -4.12. The average molecular weight is 474 g/mol. The van der Waals surface area contributed by atoms with E-state index in [-0.39, 0.29) is 43.8 Å². The highest BCUT2D eigenvalue weighted by atomic mass is 35.5. The minimum Gasteiger partial charge on any atom is -0.450 e. The smallest absolute Gasteiger partial charge is 0.322 e. The molecular formula is C21H15ClFN4O4S+. The zero-order valence-corrected chi connectivity index (χ0v) is 17.9. The zero-order chi connectivity index (χ0) is 22.1. The number of hydrogen-bond acceptors (Lipinski definition) is 6. The first-order valence-electron chi connectivity index (χ1n) is 9.72. The molecule has 0 amide bonds. The quantitative estimate of drug-likeness (QED) is 0.448. The van der Waals surface area contributed by atoms with Crippen molar-refractivity contribution >= 4 is 33.3 Å². The van der Waals surface area contributed by atoms with Crippen LogP contribution in [0.25, 0.3) is 0 Å². The fourth-order valence-electron chi connectivity index (χ4n) is 4.00. The second-order valence-electron chi connectivity index (χ2n) is 7.69. The molecule has 0 spiro atoms. The Hall–Kier alpha value is -3.21. The molecule has 3 aromatic rings. The van der Waals surface area contributed by atoms with Gasteiger partial charge in [0.25, 0.3) is 16.3 Å². The van der Waals surface area contributed by atoms with Crippen LogP contribution in [0.15, 0.2) is 64.0 Å². The maximum atomic E-state index is 14.8. The van der Waals surface area contributed by atoms with Crippen molar-refractivity contribution in [3.63, 3.8) is 0 Å². The van der Waals surface area contributed by atoms with Gasteiger partial charge in [-0.25, -0.2) is 8.87 Å². The van der Waals surface area contributed by atoms with Crippen LogP contribution in [0.1, 0.15) is 5.69 Å². The predicted molar refractivity (Wildman–Crippen MR) is 114 cm³/mol. The van der Waals surface area contributed by atoms with Crippen molar-refractivity contribution < 1.29 is 26.8 Å². The Balaban J connectivity index is 1.43. The molecule has 8 nitrogen and oxygen atoms in total. The predicted octanol–water partition coefficient (Wildman–Crippen LogP) is 3.89. The van der Waals surface area contributed by atoms with E-state index >= 15 is 0 Å². The van der Waals surface area contributed by atoms with Crippen molar-refractivity contribution in [2.75, 3.05) is 11.9 Å². The lowest BCUT2D eigenvalue weighted by Crippen LogP contribution is -2.46. The first kappa shape index (κ1) is 19.5. The monoisotopic (exact) mass is 473 g/mol. The van der Waals surface area contributed by atoms with E-state index in [9.17, 15) is 12.8 Å². The lowest BCUT2D eigenvalue weighted by atomic mass is 10.2. The lowest BCUT2D eigenvalue weighted by molar-refractivity contribution is -0.750. The van der Waals surface area contributed by atoms with Crippen LogP contribution in [0.5, 0.6) is 17.2 Å². The van der Waals surface area contributed by atoms with E-state index in [1.54, 1.807) is 36.5 Å². The fraction of sp³-hybridized carbons (Fsp3) is 0.143. The first-order chi connectivity index (χ1) is 15.4. The van der Waals surface area contributed by atoms with Crippen LogP contribution in [0.4, 0.5) is 10.1 Å². The van der Waals surface area contributed by atoms with Gasteiger partial charge in [-0.05, 0) is 36.4 Å². The van der Waals surface area contributed by atoms with Crippen LogP contribution in [-0.4, -0.2) is 36.6 Å².